The van der Waals surface area contributed by atoms with E-state index in [0.29, 0.717) is 19.1 Å². The minimum absolute atomic E-state index is 0.218. The van der Waals surface area contributed by atoms with Gasteiger partial charge in [0.25, 0.3) is 0 Å². The molecule has 0 radical (unpaired) electrons. The molecule has 0 unspecified atom stereocenters. The molecule has 0 aliphatic heterocycles. The van der Waals surface area contributed by atoms with E-state index in [9.17, 15) is 0 Å². The fourth-order valence-electron chi connectivity index (χ4n) is 1.27. The smallest absolute Gasteiger partial charge is 0.323 e. The van der Waals surface area contributed by atoms with E-state index in [0.717, 1.165) is 5.56 Å². The topological polar surface area (TPSA) is 111 Å². The first-order valence-corrected chi connectivity index (χ1v) is 5.42. The van der Waals surface area contributed by atoms with Crippen LogP contribution in [0.25, 0.3) is 0 Å². The normalized spacial score (nSPS) is 10.1. The molecule has 2 rings (SSSR count). The number of nitrogens with one attached hydrogen (secondary N) is 2. The second-order valence-electron chi connectivity index (χ2n) is 3.33. The molecule has 4 N–H and O–H groups in total. The Hall–Kier alpha value is -2.35. The maximum atomic E-state index is 5.27. The quantitative estimate of drug-likeness (QED) is 0.509. The number of rotatable bonds is 6. The van der Waals surface area contributed by atoms with Crippen LogP contribution in [0.5, 0.6) is 6.01 Å². The molecule has 2 aromatic heterocycles. The summed E-state index contributed by atoms with van der Waals surface area (Å²) in [5.41, 5.74) is 3.34. The van der Waals surface area contributed by atoms with E-state index < -0.39 is 0 Å². The first-order chi connectivity index (χ1) is 8.81. The number of nitrogen functional groups attached to an aromatic ring is 1. The largest absolute Gasteiger partial charge is 0.472 e. The third-order valence-electron chi connectivity index (χ3n) is 2.05. The van der Waals surface area contributed by atoms with Gasteiger partial charge >= 0.3 is 6.01 Å². The lowest BCUT2D eigenvalue weighted by molar-refractivity contribution is 0.312. The van der Waals surface area contributed by atoms with Gasteiger partial charge in [-0.05, 0) is 13.0 Å². The summed E-state index contributed by atoms with van der Waals surface area (Å²) in [7, 11) is 0. The van der Waals surface area contributed by atoms with E-state index in [1.165, 1.54) is 0 Å². The standard InChI is InChI=1S/C10H14N6O2/c1-2-18-10-14-8(13-9(15-10)16-11)12-5-7-3-4-17-6-7/h3-4,6H,2,5,11H2,1H3,(H2,12,13,14,15,16). The van der Waals surface area contributed by atoms with Gasteiger partial charge in [0.1, 0.15) is 0 Å². The zero-order chi connectivity index (χ0) is 12.8. The Balaban J connectivity index is 2.08. The van der Waals surface area contributed by atoms with Gasteiger partial charge in [0, 0.05) is 12.1 Å². The highest BCUT2D eigenvalue weighted by molar-refractivity contribution is 5.35. The summed E-state index contributed by atoms with van der Waals surface area (Å²) in [6.45, 7) is 2.85. The lowest BCUT2D eigenvalue weighted by atomic mass is 10.3. The summed E-state index contributed by atoms with van der Waals surface area (Å²) < 4.78 is 10.2. The van der Waals surface area contributed by atoms with Crippen molar-refractivity contribution in [3.05, 3.63) is 24.2 Å². The molecule has 0 aromatic carbocycles. The molecule has 8 heteroatoms. The van der Waals surface area contributed by atoms with Gasteiger partial charge in [-0.3, -0.25) is 5.43 Å². The lowest BCUT2D eigenvalue weighted by Gasteiger charge is -2.07. The third kappa shape index (κ3) is 3.08. The number of nitrogens with two attached hydrogens (primary N) is 1. The van der Waals surface area contributed by atoms with Gasteiger partial charge in [-0.1, -0.05) is 0 Å². The monoisotopic (exact) mass is 250 g/mol. The van der Waals surface area contributed by atoms with Gasteiger partial charge in [0.15, 0.2) is 0 Å². The molecule has 96 valence electrons. The fraction of sp³-hybridized carbons (Fsp3) is 0.300. The average Bonchev–Trinajstić information content (AvgIpc) is 2.89. The molecule has 2 aromatic rings. The van der Waals surface area contributed by atoms with Crippen molar-refractivity contribution in [3.8, 4) is 6.01 Å². The second kappa shape index (κ2) is 5.82. The highest BCUT2D eigenvalue weighted by Gasteiger charge is 2.06. The molecular weight excluding hydrogens is 236 g/mol. The molecule has 2 heterocycles. The highest BCUT2D eigenvalue weighted by atomic mass is 16.5. The minimum Gasteiger partial charge on any atom is -0.472 e. The van der Waals surface area contributed by atoms with E-state index in [1.807, 2.05) is 13.0 Å². The molecular formula is C10H14N6O2. The molecule has 0 saturated carbocycles. The van der Waals surface area contributed by atoms with Crippen molar-refractivity contribution in [3.63, 3.8) is 0 Å². The minimum atomic E-state index is 0.218. The average molecular weight is 250 g/mol. The number of aromatic nitrogens is 3. The van der Waals surface area contributed by atoms with Crippen LogP contribution in [0.3, 0.4) is 0 Å². The van der Waals surface area contributed by atoms with Gasteiger partial charge in [-0.15, -0.1) is 0 Å². The van der Waals surface area contributed by atoms with Crippen LogP contribution >= 0.6 is 0 Å². The predicted molar refractivity (Wildman–Crippen MR) is 64.8 cm³/mol. The van der Waals surface area contributed by atoms with E-state index in [4.69, 9.17) is 15.0 Å². The summed E-state index contributed by atoms with van der Waals surface area (Å²) >= 11 is 0. The maximum Gasteiger partial charge on any atom is 0.323 e. The zero-order valence-electron chi connectivity index (χ0n) is 9.88. The Bertz CT molecular complexity index is 487. The van der Waals surface area contributed by atoms with Crippen LogP contribution in [0.2, 0.25) is 0 Å². The summed E-state index contributed by atoms with van der Waals surface area (Å²) in [6, 6.07) is 2.06. The van der Waals surface area contributed by atoms with Crippen LogP contribution in [0.15, 0.2) is 23.0 Å². The van der Waals surface area contributed by atoms with Crippen LogP contribution in [-0.4, -0.2) is 21.6 Å². The van der Waals surface area contributed by atoms with Gasteiger partial charge in [-0.2, -0.15) is 15.0 Å². The number of hydrazine groups is 1. The molecule has 0 spiro atoms. The predicted octanol–water partition coefficient (Wildman–Crippen LogP) is 0.761. The van der Waals surface area contributed by atoms with Gasteiger partial charge in [-0.25, -0.2) is 5.84 Å². The van der Waals surface area contributed by atoms with Gasteiger partial charge in [0.2, 0.25) is 11.9 Å². The molecule has 0 amide bonds. The van der Waals surface area contributed by atoms with Crippen LogP contribution in [0.4, 0.5) is 11.9 Å². The van der Waals surface area contributed by atoms with Crippen LogP contribution in [0, 0.1) is 0 Å². The molecule has 0 aliphatic carbocycles. The molecule has 8 nitrogen and oxygen atoms in total. The SMILES string of the molecule is CCOc1nc(NN)nc(NCc2ccoc2)n1. The molecule has 0 atom stereocenters. The summed E-state index contributed by atoms with van der Waals surface area (Å²) in [4.78, 5) is 12.1. The number of furan rings is 1. The number of anilines is 2. The van der Waals surface area contributed by atoms with Crippen LogP contribution in [0.1, 0.15) is 12.5 Å². The highest BCUT2D eigenvalue weighted by Crippen LogP contribution is 2.11. The summed E-state index contributed by atoms with van der Waals surface area (Å²) in [5, 5.41) is 3.02. The fourth-order valence-corrected chi connectivity index (χ4v) is 1.27. The Morgan fingerprint density at radius 2 is 2.17 bits per heavy atom. The Labute approximate surface area is 104 Å². The first-order valence-electron chi connectivity index (χ1n) is 5.42. The van der Waals surface area contributed by atoms with Crippen molar-refractivity contribution >= 4 is 11.9 Å². The van der Waals surface area contributed by atoms with Gasteiger partial charge < -0.3 is 14.5 Å². The van der Waals surface area contributed by atoms with Crippen molar-refractivity contribution in [1.82, 2.24) is 15.0 Å². The van der Waals surface area contributed by atoms with E-state index in [2.05, 4.69) is 25.7 Å². The molecule has 0 saturated heterocycles. The first kappa shape index (κ1) is 12.1. The lowest BCUT2D eigenvalue weighted by Crippen LogP contribution is -2.14. The number of ether oxygens (including phenoxy) is 1. The van der Waals surface area contributed by atoms with Crippen molar-refractivity contribution in [2.24, 2.45) is 5.84 Å². The third-order valence-corrected chi connectivity index (χ3v) is 2.05. The van der Waals surface area contributed by atoms with E-state index in [-0.39, 0.29) is 12.0 Å². The molecule has 0 aliphatic rings. The second-order valence-corrected chi connectivity index (χ2v) is 3.33. The maximum absolute atomic E-state index is 5.27. The number of hydrogen-bond acceptors (Lipinski definition) is 8. The Kier molecular flexibility index (Phi) is 3.92. The van der Waals surface area contributed by atoms with Crippen molar-refractivity contribution < 1.29 is 9.15 Å². The molecule has 0 fully saturated rings. The van der Waals surface area contributed by atoms with Gasteiger partial charge in [0.05, 0.1) is 19.1 Å². The summed E-state index contributed by atoms with van der Waals surface area (Å²) in [5.74, 6) is 5.89. The Morgan fingerprint density at radius 3 is 2.83 bits per heavy atom. The van der Waals surface area contributed by atoms with Crippen LogP contribution in [-0.2, 0) is 6.54 Å². The zero-order valence-corrected chi connectivity index (χ0v) is 9.88. The van der Waals surface area contributed by atoms with E-state index in [1.54, 1.807) is 12.5 Å². The molecule has 0 bridgehead atoms. The summed E-state index contributed by atoms with van der Waals surface area (Å²) in [6.07, 6.45) is 3.24. The van der Waals surface area contributed by atoms with Crippen molar-refractivity contribution in [2.75, 3.05) is 17.3 Å². The van der Waals surface area contributed by atoms with Crippen molar-refractivity contribution in [1.29, 1.82) is 0 Å². The Morgan fingerprint density at radius 1 is 1.33 bits per heavy atom. The van der Waals surface area contributed by atoms with E-state index >= 15 is 0 Å². The van der Waals surface area contributed by atoms with Crippen molar-refractivity contribution in [2.45, 2.75) is 13.5 Å². The molecule has 18 heavy (non-hydrogen) atoms. The number of hydrogen-bond donors (Lipinski definition) is 3. The number of nitrogens with zero attached hydrogens (tertiary/aromatic N) is 3. The van der Waals surface area contributed by atoms with Crippen LogP contribution < -0.4 is 21.3 Å².